The average Bonchev–Trinajstić information content (AvgIpc) is 2.69. The third-order valence-electron chi connectivity index (χ3n) is 3.74. The second-order valence-corrected chi connectivity index (χ2v) is 5.21. The van der Waals surface area contributed by atoms with Crippen LogP contribution in [0.25, 0.3) is 0 Å². The van der Waals surface area contributed by atoms with Crippen molar-refractivity contribution in [3.05, 3.63) is 23.0 Å². The normalized spacial score (nSPS) is 19.5. The van der Waals surface area contributed by atoms with Crippen LogP contribution in [-0.2, 0) is 19.5 Å². The number of amides is 1. The fourth-order valence-corrected chi connectivity index (χ4v) is 2.86. The van der Waals surface area contributed by atoms with Gasteiger partial charge in [-0.3, -0.25) is 9.80 Å². The standard InChI is InChI=1S/C13H19N3O/c1-9(2)16-13(17)11-7-10-5-3-4-6-15(10)12(11)8-14-16/h7,9,14H,3-6,8H2,1-2H3. The lowest BCUT2D eigenvalue weighted by Gasteiger charge is -2.32. The number of nitrogens with zero attached hydrogens (tertiary/aromatic N) is 2. The Labute approximate surface area is 102 Å². The van der Waals surface area contributed by atoms with Crippen molar-refractivity contribution in [1.29, 1.82) is 0 Å². The summed E-state index contributed by atoms with van der Waals surface area (Å²) in [5.41, 5.74) is 6.65. The van der Waals surface area contributed by atoms with E-state index in [-0.39, 0.29) is 11.9 Å². The van der Waals surface area contributed by atoms with Crippen LogP contribution < -0.4 is 5.43 Å². The molecule has 0 radical (unpaired) electrons. The molecule has 2 aliphatic rings. The number of hydrogen-bond donors (Lipinski definition) is 1. The summed E-state index contributed by atoms with van der Waals surface area (Å²) < 4.78 is 2.33. The first-order valence-corrected chi connectivity index (χ1v) is 6.47. The van der Waals surface area contributed by atoms with Gasteiger partial charge in [-0.05, 0) is 39.2 Å². The zero-order valence-corrected chi connectivity index (χ0v) is 10.5. The van der Waals surface area contributed by atoms with Gasteiger partial charge >= 0.3 is 0 Å². The Morgan fingerprint density at radius 2 is 2.18 bits per heavy atom. The minimum absolute atomic E-state index is 0.128. The Hall–Kier alpha value is -1.29. The maximum atomic E-state index is 12.3. The predicted molar refractivity (Wildman–Crippen MR) is 65.5 cm³/mol. The minimum Gasteiger partial charge on any atom is -0.347 e. The van der Waals surface area contributed by atoms with E-state index in [1.807, 2.05) is 13.8 Å². The van der Waals surface area contributed by atoms with Crippen molar-refractivity contribution in [2.24, 2.45) is 0 Å². The quantitative estimate of drug-likeness (QED) is 0.801. The first-order valence-electron chi connectivity index (χ1n) is 6.47. The van der Waals surface area contributed by atoms with E-state index >= 15 is 0 Å². The van der Waals surface area contributed by atoms with Gasteiger partial charge in [0.2, 0.25) is 0 Å². The van der Waals surface area contributed by atoms with Crippen molar-refractivity contribution in [3.63, 3.8) is 0 Å². The molecule has 0 aliphatic carbocycles. The van der Waals surface area contributed by atoms with E-state index in [4.69, 9.17) is 0 Å². The first-order chi connectivity index (χ1) is 8.18. The molecule has 0 spiro atoms. The fourth-order valence-electron chi connectivity index (χ4n) is 2.86. The highest BCUT2D eigenvalue weighted by Crippen LogP contribution is 2.26. The fraction of sp³-hybridized carbons (Fsp3) is 0.615. The van der Waals surface area contributed by atoms with Gasteiger partial charge in [0.05, 0.1) is 12.1 Å². The molecule has 92 valence electrons. The maximum absolute atomic E-state index is 12.3. The summed E-state index contributed by atoms with van der Waals surface area (Å²) >= 11 is 0. The second kappa shape index (κ2) is 3.88. The number of aryl methyl sites for hydroxylation is 1. The van der Waals surface area contributed by atoms with Gasteiger partial charge in [0.15, 0.2) is 0 Å². The molecule has 0 atom stereocenters. The highest BCUT2D eigenvalue weighted by molar-refractivity contribution is 5.96. The number of aromatic nitrogens is 1. The van der Waals surface area contributed by atoms with Gasteiger partial charge < -0.3 is 4.57 Å². The smallest absolute Gasteiger partial charge is 0.270 e. The van der Waals surface area contributed by atoms with E-state index in [2.05, 4.69) is 16.1 Å². The zero-order valence-electron chi connectivity index (χ0n) is 10.5. The molecule has 1 aromatic rings. The highest BCUT2D eigenvalue weighted by Gasteiger charge is 2.30. The molecular formula is C13H19N3O. The van der Waals surface area contributed by atoms with Crippen LogP contribution in [0.4, 0.5) is 0 Å². The van der Waals surface area contributed by atoms with Crippen LogP contribution in [0.15, 0.2) is 6.07 Å². The number of hydrogen-bond acceptors (Lipinski definition) is 2. The third kappa shape index (κ3) is 1.59. The topological polar surface area (TPSA) is 37.3 Å². The Morgan fingerprint density at radius 3 is 2.94 bits per heavy atom. The monoisotopic (exact) mass is 233 g/mol. The van der Waals surface area contributed by atoms with Crippen LogP contribution >= 0.6 is 0 Å². The van der Waals surface area contributed by atoms with Crippen molar-refractivity contribution in [1.82, 2.24) is 15.0 Å². The molecule has 0 fully saturated rings. The van der Waals surface area contributed by atoms with Gasteiger partial charge in [0.25, 0.3) is 5.91 Å². The summed E-state index contributed by atoms with van der Waals surface area (Å²) in [4.78, 5) is 12.3. The van der Waals surface area contributed by atoms with E-state index in [9.17, 15) is 4.79 Å². The molecule has 0 unspecified atom stereocenters. The molecule has 17 heavy (non-hydrogen) atoms. The van der Waals surface area contributed by atoms with E-state index in [1.165, 1.54) is 24.2 Å². The molecule has 2 aliphatic heterocycles. The van der Waals surface area contributed by atoms with Crippen molar-refractivity contribution in [2.45, 2.75) is 52.2 Å². The van der Waals surface area contributed by atoms with E-state index < -0.39 is 0 Å². The highest BCUT2D eigenvalue weighted by atomic mass is 16.2. The summed E-state index contributed by atoms with van der Waals surface area (Å²) in [6.07, 6.45) is 3.59. The largest absolute Gasteiger partial charge is 0.347 e. The molecule has 4 nitrogen and oxygen atoms in total. The molecule has 4 heteroatoms. The van der Waals surface area contributed by atoms with Gasteiger partial charge in [-0.15, -0.1) is 0 Å². The van der Waals surface area contributed by atoms with Gasteiger partial charge in [-0.25, -0.2) is 5.43 Å². The van der Waals surface area contributed by atoms with Gasteiger partial charge in [0, 0.05) is 24.0 Å². The van der Waals surface area contributed by atoms with Crippen LogP contribution in [0.3, 0.4) is 0 Å². The Bertz CT molecular complexity index is 461. The van der Waals surface area contributed by atoms with Gasteiger partial charge in [-0.2, -0.15) is 0 Å². The minimum atomic E-state index is 0.128. The van der Waals surface area contributed by atoms with E-state index in [0.29, 0.717) is 0 Å². The SMILES string of the molecule is CC(C)N1NCc2c(cc3n2CCCC3)C1=O. The number of carbonyl (C=O) groups excluding carboxylic acids is 1. The molecule has 0 saturated heterocycles. The van der Waals surface area contributed by atoms with Crippen molar-refractivity contribution in [3.8, 4) is 0 Å². The van der Waals surface area contributed by atoms with Crippen molar-refractivity contribution >= 4 is 5.91 Å². The summed E-state index contributed by atoms with van der Waals surface area (Å²) in [5, 5.41) is 1.74. The molecular weight excluding hydrogens is 214 g/mol. The van der Waals surface area contributed by atoms with Crippen LogP contribution in [0, 0.1) is 0 Å². The molecule has 0 saturated carbocycles. The Balaban J connectivity index is 2.02. The van der Waals surface area contributed by atoms with Gasteiger partial charge in [-0.1, -0.05) is 0 Å². The molecule has 0 bridgehead atoms. The summed E-state index contributed by atoms with van der Waals surface area (Å²) in [6.45, 7) is 5.92. The van der Waals surface area contributed by atoms with Crippen molar-refractivity contribution < 1.29 is 4.79 Å². The molecule has 1 aromatic heterocycles. The summed E-state index contributed by atoms with van der Waals surface area (Å²) in [5.74, 6) is 0.128. The van der Waals surface area contributed by atoms with Crippen LogP contribution in [0.2, 0.25) is 0 Å². The van der Waals surface area contributed by atoms with Crippen LogP contribution in [0.5, 0.6) is 0 Å². The summed E-state index contributed by atoms with van der Waals surface area (Å²) in [6, 6.07) is 2.31. The molecule has 1 amide bonds. The average molecular weight is 233 g/mol. The predicted octanol–water partition coefficient (Wildman–Crippen LogP) is 1.69. The van der Waals surface area contributed by atoms with E-state index in [1.54, 1.807) is 5.01 Å². The lowest BCUT2D eigenvalue weighted by Crippen LogP contribution is -2.50. The Morgan fingerprint density at radius 1 is 1.35 bits per heavy atom. The lowest BCUT2D eigenvalue weighted by molar-refractivity contribution is 0.0539. The number of rotatable bonds is 1. The van der Waals surface area contributed by atoms with Crippen molar-refractivity contribution in [2.75, 3.05) is 0 Å². The summed E-state index contributed by atoms with van der Waals surface area (Å²) in [7, 11) is 0. The van der Waals surface area contributed by atoms with Crippen LogP contribution in [0.1, 0.15) is 48.4 Å². The maximum Gasteiger partial charge on any atom is 0.270 e. The number of carbonyl (C=O) groups is 1. The molecule has 3 heterocycles. The molecule has 0 aromatic carbocycles. The number of fused-ring (bicyclic) bond motifs is 3. The van der Waals surface area contributed by atoms with Gasteiger partial charge in [0.1, 0.15) is 0 Å². The third-order valence-corrected chi connectivity index (χ3v) is 3.74. The first kappa shape index (κ1) is 10.8. The number of hydrazine groups is 1. The molecule has 1 N–H and O–H groups in total. The Kier molecular flexibility index (Phi) is 2.47. The van der Waals surface area contributed by atoms with Crippen LogP contribution in [-0.4, -0.2) is 21.5 Å². The van der Waals surface area contributed by atoms with E-state index in [0.717, 1.165) is 25.1 Å². The lowest BCUT2D eigenvalue weighted by atomic mass is 10.1. The number of nitrogens with one attached hydrogen (secondary N) is 1. The molecule has 3 rings (SSSR count). The second-order valence-electron chi connectivity index (χ2n) is 5.21. The zero-order chi connectivity index (χ0) is 12.0.